The number of hydrogen-bond acceptors (Lipinski definition) is 2. The molecule has 20 heavy (non-hydrogen) atoms. The molecule has 0 N–H and O–H groups in total. The van der Waals surface area contributed by atoms with Gasteiger partial charge in [0.05, 0.1) is 0 Å². The third-order valence-corrected chi connectivity index (χ3v) is 3.36. The largest absolute Gasteiger partial charge is 0.363 e. The van der Waals surface area contributed by atoms with E-state index < -0.39 is 11.6 Å². The highest BCUT2D eigenvalue weighted by molar-refractivity contribution is 6.17. The number of nitrogens with zero attached hydrogens (tertiary/aromatic N) is 2. The van der Waals surface area contributed by atoms with E-state index in [1.807, 2.05) is 19.1 Å². The molecule has 2 aromatic rings. The highest BCUT2D eigenvalue weighted by atomic mass is 35.5. The Balaban J connectivity index is 2.32. The van der Waals surface area contributed by atoms with Gasteiger partial charge in [-0.15, -0.1) is 11.6 Å². The lowest BCUT2D eigenvalue weighted by Gasteiger charge is -2.24. The Bertz CT molecular complexity index is 552. The van der Waals surface area contributed by atoms with Gasteiger partial charge >= 0.3 is 0 Å². The van der Waals surface area contributed by atoms with Crippen LogP contribution in [0.15, 0.2) is 36.7 Å². The SMILES string of the molecule is CCN(Cc1ccncc1)c1c(F)cc(CCl)cc1F. The van der Waals surface area contributed by atoms with Crippen molar-refractivity contribution in [2.24, 2.45) is 0 Å². The second-order valence-electron chi connectivity index (χ2n) is 4.41. The smallest absolute Gasteiger partial charge is 0.149 e. The van der Waals surface area contributed by atoms with Crippen LogP contribution >= 0.6 is 11.6 Å². The number of anilines is 1. The second-order valence-corrected chi connectivity index (χ2v) is 4.68. The van der Waals surface area contributed by atoms with E-state index in [2.05, 4.69) is 4.98 Å². The van der Waals surface area contributed by atoms with Crippen molar-refractivity contribution in [3.63, 3.8) is 0 Å². The summed E-state index contributed by atoms with van der Waals surface area (Å²) in [5.41, 5.74) is 1.37. The number of halogens is 3. The molecule has 0 spiro atoms. The summed E-state index contributed by atoms with van der Waals surface area (Å²) < 4.78 is 28.2. The molecule has 0 aliphatic rings. The van der Waals surface area contributed by atoms with E-state index >= 15 is 0 Å². The molecule has 0 saturated heterocycles. The molecule has 0 atom stereocenters. The summed E-state index contributed by atoms with van der Waals surface area (Å²) in [6, 6.07) is 6.21. The van der Waals surface area contributed by atoms with Gasteiger partial charge in [-0.1, -0.05) is 0 Å². The average Bonchev–Trinajstić information content (AvgIpc) is 2.46. The monoisotopic (exact) mass is 296 g/mol. The molecule has 2 rings (SSSR count). The molecule has 2 nitrogen and oxygen atoms in total. The normalized spacial score (nSPS) is 10.6. The highest BCUT2D eigenvalue weighted by Crippen LogP contribution is 2.27. The molecule has 1 heterocycles. The number of pyridine rings is 1. The topological polar surface area (TPSA) is 16.1 Å². The molecule has 0 amide bonds. The molecule has 1 aromatic carbocycles. The van der Waals surface area contributed by atoms with Gasteiger partial charge in [-0.2, -0.15) is 0 Å². The number of aromatic nitrogens is 1. The van der Waals surface area contributed by atoms with Crippen LogP contribution in [0.25, 0.3) is 0 Å². The molecular formula is C15H15ClF2N2. The Morgan fingerprint density at radius 3 is 2.20 bits per heavy atom. The lowest BCUT2D eigenvalue weighted by atomic mass is 10.1. The third-order valence-electron chi connectivity index (χ3n) is 3.05. The number of hydrogen-bond donors (Lipinski definition) is 0. The van der Waals surface area contributed by atoms with E-state index in [4.69, 9.17) is 11.6 Å². The number of alkyl halides is 1. The van der Waals surface area contributed by atoms with Gasteiger partial charge in [-0.25, -0.2) is 8.78 Å². The molecule has 5 heteroatoms. The van der Waals surface area contributed by atoms with Crippen molar-refractivity contribution in [2.45, 2.75) is 19.3 Å². The third kappa shape index (κ3) is 3.25. The van der Waals surface area contributed by atoms with Crippen molar-refractivity contribution in [3.8, 4) is 0 Å². The first-order chi connectivity index (χ1) is 9.65. The zero-order valence-electron chi connectivity index (χ0n) is 11.1. The van der Waals surface area contributed by atoms with E-state index in [0.29, 0.717) is 18.7 Å². The van der Waals surface area contributed by atoms with Gasteiger partial charge < -0.3 is 4.90 Å². The molecule has 0 saturated carbocycles. The van der Waals surface area contributed by atoms with Crippen molar-refractivity contribution in [1.29, 1.82) is 0 Å². The Morgan fingerprint density at radius 2 is 1.70 bits per heavy atom. The van der Waals surface area contributed by atoms with Gasteiger partial charge in [-0.3, -0.25) is 4.98 Å². The van der Waals surface area contributed by atoms with Gasteiger partial charge in [0.25, 0.3) is 0 Å². The Labute approximate surface area is 122 Å². The zero-order valence-corrected chi connectivity index (χ0v) is 11.9. The minimum absolute atomic E-state index is 0.0156. The minimum Gasteiger partial charge on any atom is -0.363 e. The molecule has 0 unspecified atom stereocenters. The lowest BCUT2D eigenvalue weighted by molar-refractivity contribution is 0.569. The van der Waals surface area contributed by atoms with Crippen LogP contribution in [-0.4, -0.2) is 11.5 Å². The lowest BCUT2D eigenvalue weighted by Crippen LogP contribution is -2.24. The Hall–Kier alpha value is -1.68. The van der Waals surface area contributed by atoms with Crippen molar-refractivity contribution < 1.29 is 8.78 Å². The second kappa shape index (κ2) is 6.66. The molecule has 0 radical (unpaired) electrons. The summed E-state index contributed by atoms with van der Waals surface area (Å²) >= 11 is 5.61. The van der Waals surface area contributed by atoms with Crippen LogP contribution < -0.4 is 4.90 Å². The molecule has 0 fully saturated rings. The molecule has 1 aromatic heterocycles. The van der Waals surface area contributed by atoms with Gasteiger partial charge in [0.1, 0.15) is 17.3 Å². The fourth-order valence-electron chi connectivity index (χ4n) is 2.05. The molecule has 0 bridgehead atoms. The molecular weight excluding hydrogens is 282 g/mol. The minimum atomic E-state index is -0.587. The van der Waals surface area contributed by atoms with Crippen molar-refractivity contribution >= 4 is 17.3 Å². The van der Waals surface area contributed by atoms with Crippen LogP contribution in [0.5, 0.6) is 0 Å². The summed E-state index contributed by atoms with van der Waals surface area (Å²) in [5, 5.41) is 0. The maximum atomic E-state index is 14.1. The predicted molar refractivity (Wildman–Crippen MR) is 76.9 cm³/mol. The standard InChI is InChI=1S/C15H15ClF2N2/c1-2-20(10-11-3-5-19-6-4-11)15-13(17)7-12(9-16)8-14(15)18/h3-8H,2,9-10H2,1H3. The van der Waals surface area contributed by atoms with Crippen LogP contribution in [0.2, 0.25) is 0 Å². The van der Waals surface area contributed by atoms with Crippen LogP contribution in [0.3, 0.4) is 0 Å². The van der Waals surface area contributed by atoms with Crippen LogP contribution in [0.4, 0.5) is 14.5 Å². The zero-order chi connectivity index (χ0) is 14.5. The van der Waals surface area contributed by atoms with Crippen LogP contribution in [0.1, 0.15) is 18.1 Å². The fourth-order valence-corrected chi connectivity index (χ4v) is 2.21. The van der Waals surface area contributed by atoms with Gasteiger partial charge in [0.2, 0.25) is 0 Å². The van der Waals surface area contributed by atoms with Crippen molar-refractivity contribution in [2.75, 3.05) is 11.4 Å². The molecule has 0 aliphatic heterocycles. The number of rotatable bonds is 5. The first-order valence-corrected chi connectivity index (χ1v) is 6.87. The number of benzene rings is 1. The highest BCUT2D eigenvalue weighted by Gasteiger charge is 2.17. The first-order valence-electron chi connectivity index (χ1n) is 6.33. The van der Waals surface area contributed by atoms with E-state index in [1.165, 1.54) is 12.1 Å². The quantitative estimate of drug-likeness (QED) is 0.771. The predicted octanol–water partition coefficient (Wildman–Crippen LogP) is 4.13. The maximum Gasteiger partial charge on any atom is 0.149 e. The van der Waals surface area contributed by atoms with Crippen LogP contribution in [0, 0.1) is 11.6 Å². The van der Waals surface area contributed by atoms with E-state index in [0.717, 1.165) is 5.56 Å². The van der Waals surface area contributed by atoms with E-state index in [9.17, 15) is 8.78 Å². The van der Waals surface area contributed by atoms with Gasteiger partial charge in [0, 0.05) is 31.4 Å². The van der Waals surface area contributed by atoms with E-state index in [-0.39, 0.29) is 11.6 Å². The fraction of sp³-hybridized carbons (Fsp3) is 0.267. The Kier molecular flexibility index (Phi) is 4.90. The van der Waals surface area contributed by atoms with Crippen LogP contribution in [-0.2, 0) is 12.4 Å². The first kappa shape index (κ1) is 14.7. The maximum absolute atomic E-state index is 14.1. The van der Waals surface area contributed by atoms with Gasteiger partial charge in [0.15, 0.2) is 0 Å². The van der Waals surface area contributed by atoms with Crippen molar-refractivity contribution in [1.82, 2.24) is 4.98 Å². The van der Waals surface area contributed by atoms with Crippen molar-refractivity contribution in [3.05, 3.63) is 59.4 Å². The van der Waals surface area contributed by atoms with Gasteiger partial charge in [-0.05, 0) is 42.3 Å². The summed E-state index contributed by atoms with van der Waals surface area (Å²) in [4.78, 5) is 5.58. The molecule has 106 valence electrons. The Morgan fingerprint density at radius 1 is 1.10 bits per heavy atom. The summed E-state index contributed by atoms with van der Waals surface area (Å²) in [6.07, 6.45) is 3.32. The van der Waals surface area contributed by atoms with E-state index in [1.54, 1.807) is 17.3 Å². The summed E-state index contributed by atoms with van der Waals surface area (Å²) in [5.74, 6) is -1.09. The summed E-state index contributed by atoms with van der Waals surface area (Å²) in [7, 11) is 0. The molecule has 0 aliphatic carbocycles. The average molecular weight is 297 g/mol. The summed E-state index contributed by atoms with van der Waals surface area (Å²) in [6.45, 7) is 2.78.